The first-order chi connectivity index (χ1) is 13.7. The average Bonchev–Trinajstić information content (AvgIpc) is 3.02. The van der Waals surface area contributed by atoms with Crippen molar-refractivity contribution >= 4 is 0 Å². The van der Waals surface area contributed by atoms with Crippen molar-refractivity contribution in [3.63, 3.8) is 0 Å². The van der Waals surface area contributed by atoms with Crippen LogP contribution in [0.25, 0.3) is 0 Å². The molecule has 0 aromatic rings. The zero-order valence-electron chi connectivity index (χ0n) is 19.7. The first-order valence-electron chi connectivity index (χ1n) is 12.4. The van der Waals surface area contributed by atoms with Crippen molar-refractivity contribution in [1.29, 1.82) is 0 Å². The summed E-state index contributed by atoms with van der Waals surface area (Å²) in [6.45, 7) is 16.2. The minimum absolute atomic E-state index is 0.0402. The van der Waals surface area contributed by atoms with Crippen LogP contribution in [0.3, 0.4) is 0 Å². The molecule has 4 rings (SSSR count). The number of hydrogen-bond donors (Lipinski definition) is 1. The second-order valence-corrected chi connectivity index (χ2v) is 11.9. The Labute approximate surface area is 179 Å². The predicted molar refractivity (Wildman–Crippen MR) is 124 cm³/mol. The third-order valence-electron chi connectivity index (χ3n) is 10.2. The topological polar surface area (TPSA) is 20.2 Å². The van der Waals surface area contributed by atoms with Gasteiger partial charge in [0.1, 0.15) is 0 Å². The molecular formula is C28H44O. The number of unbranched alkanes of at least 4 members (excludes halogenated alkanes) is 1. The van der Waals surface area contributed by atoms with E-state index >= 15 is 0 Å². The van der Waals surface area contributed by atoms with Gasteiger partial charge in [-0.3, -0.25) is 0 Å². The van der Waals surface area contributed by atoms with E-state index < -0.39 is 0 Å². The molecule has 0 amide bonds. The van der Waals surface area contributed by atoms with Gasteiger partial charge in [-0.2, -0.15) is 0 Å². The SMILES string of the molecule is C=CCCC[C@@H](C)[C@H]1CC=C2C3=C(CC[C@@]21C)[C@@]1(C)CC[C@H](O)C(C)(C)[C@@H]1CC3. The van der Waals surface area contributed by atoms with Gasteiger partial charge in [0.05, 0.1) is 6.10 Å². The highest BCUT2D eigenvalue weighted by molar-refractivity contribution is 5.49. The van der Waals surface area contributed by atoms with Gasteiger partial charge in [-0.05, 0) is 103 Å². The van der Waals surface area contributed by atoms with Gasteiger partial charge in [0.15, 0.2) is 0 Å². The van der Waals surface area contributed by atoms with E-state index in [9.17, 15) is 5.11 Å². The maximum atomic E-state index is 10.7. The summed E-state index contributed by atoms with van der Waals surface area (Å²) in [5, 5.41) is 10.7. The predicted octanol–water partition coefficient (Wildman–Crippen LogP) is 7.62. The fourth-order valence-corrected chi connectivity index (χ4v) is 8.36. The van der Waals surface area contributed by atoms with Crippen LogP contribution >= 0.6 is 0 Å². The Balaban J connectivity index is 1.62. The Bertz CT molecular complexity index is 725. The van der Waals surface area contributed by atoms with E-state index in [1.54, 1.807) is 16.7 Å². The highest BCUT2D eigenvalue weighted by Gasteiger charge is 2.57. The normalized spacial score (nSPS) is 41.9. The molecule has 0 aromatic heterocycles. The van der Waals surface area contributed by atoms with Crippen molar-refractivity contribution < 1.29 is 5.11 Å². The fourth-order valence-electron chi connectivity index (χ4n) is 8.36. The first kappa shape index (κ1) is 21.4. The van der Waals surface area contributed by atoms with Crippen LogP contribution in [0.5, 0.6) is 0 Å². The molecule has 0 aliphatic heterocycles. The molecule has 29 heavy (non-hydrogen) atoms. The Kier molecular flexibility index (Phi) is 5.46. The van der Waals surface area contributed by atoms with Crippen LogP contribution in [0.15, 0.2) is 35.5 Å². The molecule has 1 fully saturated rings. The van der Waals surface area contributed by atoms with Crippen LogP contribution in [0.1, 0.15) is 98.8 Å². The first-order valence-corrected chi connectivity index (χ1v) is 12.4. The number of hydrogen-bond acceptors (Lipinski definition) is 1. The minimum Gasteiger partial charge on any atom is -0.393 e. The molecule has 4 aliphatic carbocycles. The fraction of sp³-hybridized carbons (Fsp3) is 0.786. The lowest BCUT2D eigenvalue weighted by atomic mass is 9.46. The van der Waals surface area contributed by atoms with Crippen LogP contribution < -0.4 is 0 Å². The standard InChI is InChI=1S/C28H44O/c1-7-8-9-10-19(2)21-12-13-22-20-11-14-24-26(3,4)25(29)16-18-28(24,6)23(20)15-17-27(21,22)5/h7,13,19,21,24-25,29H,1,8-12,14-18H2,2-6H3/t19-,21-,24+,25+,27-,28-/m1/s1. The van der Waals surface area contributed by atoms with Crippen molar-refractivity contribution in [1.82, 2.24) is 0 Å². The number of allylic oxidation sites excluding steroid dienone is 5. The smallest absolute Gasteiger partial charge is 0.0594 e. The minimum atomic E-state index is -0.136. The van der Waals surface area contributed by atoms with Gasteiger partial charge in [-0.1, -0.05) is 58.8 Å². The Morgan fingerprint density at radius 3 is 2.62 bits per heavy atom. The largest absolute Gasteiger partial charge is 0.393 e. The summed E-state index contributed by atoms with van der Waals surface area (Å²) >= 11 is 0. The second kappa shape index (κ2) is 7.40. The summed E-state index contributed by atoms with van der Waals surface area (Å²) < 4.78 is 0. The Hall–Kier alpha value is -0.820. The number of fused-ring (bicyclic) bond motifs is 4. The van der Waals surface area contributed by atoms with Crippen molar-refractivity contribution in [3.05, 3.63) is 35.5 Å². The van der Waals surface area contributed by atoms with Crippen molar-refractivity contribution in [2.45, 2.75) is 105 Å². The van der Waals surface area contributed by atoms with E-state index in [1.807, 2.05) is 0 Å². The second-order valence-electron chi connectivity index (χ2n) is 11.9. The molecule has 0 saturated heterocycles. The summed E-state index contributed by atoms with van der Waals surface area (Å²) in [6, 6.07) is 0. The van der Waals surface area contributed by atoms with Gasteiger partial charge in [-0.15, -0.1) is 6.58 Å². The summed E-state index contributed by atoms with van der Waals surface area (Å²) in [5.74, 6) is 2.23. The van der Waals surface area contributed by atoms with Gasteiger partial charge in [-0.25, -0.2) is 0 Å². The lowest BCUT2D eigenvalue weighted by molar-refractivity contribution is -0.0905. The Morgan fingerprint density at radius 1 is 1.14 bits per heavy atom. The maximum Gasteiger partial charge on any atom is 0.0594 e. The van der Waals surface area contributed by atoms with Crippen LogP contribution in [0, 0.1) is 34.0 Å². The zero-order valence-corrected chi connectivity index (χ0v) is 19.7. The molecule has 0 unspecified atom stereocenters. The van der Waals surface area contributed by atoms with Crippen molar-refractivity contribution in [2.75, 3.05) is 0 Å². The van der Waals surface area contributed by atoms with Crippen molar-refractivity contribution in [3.8, 4) is 0 Å². The molecule has 1 nitrogen and oxygen atoms in total. The summed E-state index contributed by atoms with van der Waals surface area (Å²) in [5.41, 5.74) is 6.01. The molecule has 1 saturated carbocycles. The van der Waals surface area contributed by atoms with Gasteiger partial charge in [0, 0.05) is 0 Å². The van der Waals surface area contributed by atoms with Gasteiger partial charge in [0.25, 0.3) is 0 Å². The lowest BCUT2D eigenvalue weighted by Crippen LogP contribution is -2.53. The van der Waals surface area contributed by atoms with Crippen molar-refractivity contribution in [2.24, 2.45) is 34.0 Å². The summed E-state index contributed by atoms with van der Waals surface area (Å²) in [6.07, 6.45) is 16.9. The molecule has 4 aliphatic rings. The lowest BCUT2D eigenvalue weighted by Gasteiger charge is -2.59. The monoisotopic (exact) mass is 396 g/mol. The summed E-state index contributed by atoms with van der Waals surface area (Å²) in [7, 11) is 0. The quantitative estimate of drug-likeness (QED) is 0.374. The number of aliphatic hydroxyl groups is 1. The number of aliphatic hydroxyl groups excluding tert-OH is 1. The number of rotatable bonds is 5. The van der Waals surface area contributed by atoms with Crippen LogP contribution in [-0.2, 0) is 0 Å². The van der Waals surface area contributed by atoms with E-state index in [0.29, 0.717) is 16.7 Å². The molecule has 1 N–H and O–H groups in total. The molecule has 6 atom stereocenters. The molecular weight excluding hydrogens is 352 g/mol. The molecule has 0 aromatic carbocycles. The van der Waals surface area contributed by atoms with E-state index in [0.717, 1.165) is 24.7 Å². The van der Waals surface area contributed by atoms with Gasteiger partial charge >= 0.3 is 0 Å². The Morgan fingerprint density at radius 2 is 1.90 bits per heavy atom. The molecule has 0 radical (unpaired) electrons. The third kappa shape index (κ3) is 3.13. The molecule has 0 spiro atoms. The molecule has 0 heterocycles. The van der Waals surface area contributed by atoms with Gasteiger partial charge < -0.3 is 5.11 Å². The third-order valence-corrected chi connectivity index (χ3v) is 10.2. The zero-order chi connectivity index (χ0) is 21.0. The highest BCUT2D eigenvalue weighted by atomic mass is 16.3. The average molecular weight is 397 g/mol. The van der Waals surface area contributed by atoms with Crippen LogP contribution in [0.2, 0.25) is 0 Å². The van der Waals surface area contributed by atoms with Crippen LogP contribution in [0.4, 0.5) is 0 Å². The van der Waals surface area contributed by atoms with E-state index in [4.69, 9.17) is 0 Å². The maximum absolute atomic E-state index is 10.7. The van der Waals surface area contributed by atoms with Crippen LogP contribution in [-0.4, -0.2) is 11.2 Å². The van der Waals surface area contributed by atoms with E-state index in [2.05, 4.69) is 53.3 Å². The van der Waals surface area contributed by atoms with E-state index in [-0.39, 0.29) is 11.5 Å². The summed E-state index contributed by atoms with van der Waals surface area (Å²) in [4.78, 5) is 0. The highest BCUT2D eigenvalue weighted by Crippen LogP contribution is 2.66. The molecule has 162 valence electrons. The molecule has 0 bridgehead atoms. The molecule has 1 heteroatoms. The van der Waals surface area contributed by atoms with E-state index in [1.165, 1.54) is 51.4 Å². The van der Waals surface area contributed by atoms with Gasteiger partial charge in [0.2, 0.25) is 0 Å².